The van der Waals surface area contributed by atoms with Crippen molar-refractivity contribution in [1.82, 2.24) is 4.90 Å². The molecular formula is C14H23N3O. The van der Waals surface area contributed by atoms with Crippen molar-refractivity contribution in [1.29, 1.82) is 0 Å². The Morgan fingerprint density at radius 3 is 2.78 bits per heavy atom. The monoisotopic (exact) mass is 249 g/mol. The summed E-state index contributed by atoms with van der Waals surface area (Å²) < 4.78 is 5.13. The molecule has 0 radical (unpaired) electrons. The van der Waals surface area contributed by atoms with E-state index in [2.05, 4.69) is 17.1 Å². The van der Waals surface area contributed by atoms with Crippen LogP contribution in [0.25, 0.3) is 0 Å². The molecular weight excluding hydrogens is 226 g/mol. The molecule has 1 saturated carbocycles. The van der Waals surface area contributed by atoms with Crippen LogP contribution >= 0.6 is 0 Å². The molecule has 100 valence electrons. The summed E-state index contributed by atoms with van der Waals surface area (Å²) in [5, 5.41) is 3.39. The predicted molar refractivity (Wildman–Crippen MR) is 76.2 cm³/mol. The summed E-state index contributed by atoms with van der Waals surface area (Å²) in [5.41, 5.74) is 7.69. The van der Waals surface area contributed by atoms with Gasteiger partial charge >= 0.3 is 0 Å². The maximum Gasteiger partial charge on any atom is 0.121 e. The third-order valence-electron chi connectivity index (χ3n) is 3.44. The standard InChI is InChI=1S/C14H23N3O/c1-3-17(11-4-5-11)9-8-16-14-7-6-12(18-2)10-13(14)15/h6-7,10-11,16H,3-5,8-9,15H2,1-2H3. The van der Waals surface area contributed by atoms with Gasteiger partial charge in [0.15, 0.2) is 0 Å². The zero-order valence-electron chi connectivity index (χ0n) is 11.3. The van der Waals surface area contributed by atoms with Crippen molar-refractivity contribution >= 4 is 11.4 Å². The lowest BCUT2D eigenvalue weighted by Crippen LogP contribution is -2.30. The maximum absolute atomic E-state index is 5.96. The van der Waals surface area contributed by atoms with Crippen molar-refractivity contribution in [2.75, 3.05) is 37.8 Å². The highest BCUT2D eigenvalue weighted by Crippen LogP contribution is 2.26. The molecule has 0 unspecified atom stereocenters. The van der Waals surface area contributed by atoms with E-state index in [4.69, 9.17) is 10.5 Å². The van der Waals surface area contributed by atoms with Crippen LogP contribution in [0.3, 0.4) is 0 Å². The van der Waals surface area contributed by atoms with Crippen molar-refractivity contribution in [2.45, 2.75) is 25.8 Å². The van der Waals surface area contributed by atoms with Crippen molar-refractivity contribution < 1.29 is 4.74 Å². The molecule has 1 aliphatic carbocycles. The summed E-state index contributed by atoms with van der Waals surface area (Å²) in [6.07, 6.45) is 2.72. The smallest absolute Gasteiger partial charge is 0.121 e. The fourth-order valence-corrected chi connectivity index (χ4v) is 2.20. The Morgan fingerprint density at radius 1 is 1.44 bits per heavy atom. The van der Waals surface area contributed by atoms with E-state index in [1.165, 1.54) is 12.8 Å². The van der Waals surface area contributed by atoms with Crippen LogP contribution < -0.4 is 15.8 Å². The summed E-state index contributed by atoms with van der Waals surface area (Å²) in [4.78, 5) is 2.52. The molecule has 1 aromatic carbocycles. The van der Waals surface area contributed by atoms with Crippen LogP contribution in [0, 0.1) is 0 Å². The Balaban J connectivity index is 1.82. The molecule has 0 spiro atoms. The van der Waals surface area contributed by atoms with Crippen LogP contribution in [0.1, 0.15) is 19.8 Å². The Kier molecular flexibility index (Phi) is 4.31. The van der Waals surface area contributed by atoms with Crippen molar-refractivity contribution in [3.8, 4) is 5.75 Å². The number of rotatable bonds is 7. The van der Waals surface area contributed by atoms with Gasteiger partial charge in [0.05, 0.1) is 18.5 Å². The van der Waals surface area contributed by atoms with Crippen LogP contribution in [0.4, 0.5) is 11.4 Å². The van der Waals surface area contributed by atoms with Crippen LogP contribution in [-0.2, 0) is 0 Å². The van der Waals surface area contributed by atoms with Gasteiger partial charge in [0.25, 0.3) is 0 Å². The summed E-state index contributed by atoms with van der Waals surface area (Å²) in [7, 11) is 1.65. The van der Waals surface area contributed by atoms with E-state index >= 15 is 0 Å². The van der Waals surface area contributed by atoms with E-state index in [0.29, 0.717) is 0 Å². The minimum atomic E-state index is 0.740. The van der Waals surface area contributed by atoms with Gasteiger partial charge in [-0.25, -0.2) is 0 Å². The third kappa shape index (κ3) is 3.29. The number of nitrogens with one attached hydrogen (secondary N) is 1. The predicted octanol–water partition coefficient (Wildman–Crippen LogP) is 2.17. The van der Waals surface area contributed by atoms with E-state index in [9.17, 15) is 0 Å². The van der Waals surface area contributed by atoms with Crippen molar-refractivity contribution in [3.63, 3.8) is 0 Å². The minimum Gasteiger partial charge on any atom is -0.497 e. The molecule has 3 N–H and O–H groups in total. The molecule has 0 heterocycles. The van der Waals surface area contributed by atoms with E-state index in [1.54, 1.807) is 7.11 Å². The number of benzene rings is 1. The van der Waals surface area contributed by atoms with Gasteiger partial charge in [-0.3, -0.25) is 4.90 Å². The van der Waals surface area contributed by atoms with Gasteiger partial charge in [0.2, 0.25) is 0 Å². The van der Waals surface area contributed by atoms with Gasteiger partial charge in [-0.15, -0.1) is 0 Å². The molecule has 4 nitrogen and oxygen atoms in total. The number of likely N-dealkylation sites (N-methyl/N-ethyl adjacent to an activating group) is 1. The van der Waals surface area contributed by atoms with Gasteiger partial charge in [-0.1, -0.05) is 6.92 Å². The highest BCUT2D eigenvalue weighted by atomic mass is 16.5. The highest BCUT2D eigenvalue weighted by molar-refractivity contribution is 5.68. The lowest BCUT2D eigenvalue weighted by Gasteiger charge is -2.20. The Morgan fingerprint density at radius 2 is 2.22 bits per heavy atom. The number of methoxy groups -OCH3 is 1. The van der Waals surface area contributed by atoms with Crippen LogP contribution in [-0.4, -0.2) is 37.7 Å². The second-order valence-corrected chi connectivity index (χ2v) is 4.74. The van der Waals surface area contributed by atoms with Gasteiger partial charge in [0.1, 0.15) is 5.75 Å². The minimum absolute atomic E-state index is 0.740. The van der Waals surface area contributed by atoms with E-state index < -0.39 is 0 Å². The molecule has 0 aromatic heterocycles. The van der Waals surface area contributed by atoms with Gasteiger partial charge < -0.3 is 15.8 Å². The van der Waals surface area contributed by atoms with Crippen LogP contribution in [0.2, 0.25) is 0 Å². The SMILES string of the molecule is CCN(CCNc1ccc(OC)cc1N)C1CC1. The molecule has 1 aliphatic rings. The summed E-state index contributed by atoms with van der Waals surface area (Å²) in [6, 6.07) is 6.57. The Labute approximate surface area is 109 Å². The van der Waals surface area contributed by atoms with E-state index in [0.717, 1.165) is 42.8 Å². The Hall–Kier alpha value is -1.42. The topological polar surface area (TPSA) is 50.5 Å². The van der Waals surface area contributed by atoms with Crippen molar-refractivity contribution in [3.05, 3.63) is 18.2 Å². The molecule has 0 saturated heterocycles. The first kappa shape index (κ1) is 13.0. The quantitative estimate of drug-likeness (QED) is 0.727. The average Bonchev–Trinajstić information content (AvgIpc) is 3.20. The fraction of sp³-hybridized carbons (Fsp3) is 0.571. The molecule has 2 rings (SSSR count). The van der Waals surface area contributed by atoms with E-state index in [-0.39, 0.29) is 0 Å². The van der Waals surface area contributed by atoms with Gasteiger partial charge in [0, 0.05) is 25.2 Å². The van der Waals surface area contributed by atoms with Crippen LogP contribution in [0.5, 0.6) is 5.75 Å². The lowest BCUT2D eigenvalue weighted by molar-refractivity contribution is 0.289. The first-order valence-electron chi connectivity index (χ1n) is 6.66. The van der Waals surface area contributed by atoms with Crippen molar-refractivity contribution in [2.24, 2.45) is 0 Å². The van der Waals surface area contributed by atoms with Crippen LogP contribution in [0.15, 0.2) is 18.2 Å². The van der Waals surface area contributed by atoms with Gasteiger partial charge in [-0.2, -0.15) is 0 Å². The zero-order valence-corrected chi connectivity index (χ0v) is 11.3. The summed E-state index contributed by atoms with van der Waals surface area (Å²) in [6.45, 7) is 5.36. The first-order valence-corrected chi connectivity index (χ1v) is 6.66. The normalized spacial score (nSPS) is 14.8. The summed E-state index contributed by atoms with van der Waals surface area (Å²) in [5.74, 6) is 0.797. The number of ether oxygens (including phenoxy) is 1. The molecule has 0 bridgehead atoms. The highest BCUT2D eigenvalue weighted by Gasteiger charge is 2.27. The van der Waals surface area contributed by atoms with Gasteiger partial charge in [-0.05, 0) is 31.5 Å². The zero-order chi connectivity index (χ0) is 13.0. The first-order chi connectivity index (χ1) is 8.74. The number of nitrogens with two attached hydrogens (primary N) is 1. The Bertz CT molecular complexity index is 391. The number of nitrogen functional groups attached to an aromatic ring is 1. The fourth-order valence-electron chi connectivity index (χ4n) is 2.20. The second kappa shape index (κ2) is 5.96. The molecule has 1 fully saturated rings. The van der Waals surface area contributed by atoms with E-state index in [1.807, 2.05) is 18.2 Å². The molecule has 1 aromatic rings. The molecule has 0 atom stereocenters. The molecule has 4 heteroatoms. The second-order valence-electron chi connectivity index (χ2n) is 4.74. The summed E-state index contributed by atoms with van der Waals surface area (Å²) >= 11 is 0. The molecule has 18 heavy (non-hydrogen) atoms. The third-order valence-corrected chi connectivity index (χ3v) is 3.44. The largest absolute Gasteiger partial charge is 0.497 e. The number of hydrogen-bond donors (Lipinski definition) is 2. The number of hydrogen-bond acceptors (Lipinski definition) is 4. The average molecular weight is 249 g/mol. The number of anilines is 2. The number of nitrogens with zero attached hydrogens (tertiary/aromatic N) is 1. The molecule has 0 amide bonds. The lowest BCUT2D eigenvalue weighted by atomic mass is 10.2. The molecule has 0 aliphatic heterocycles. The maximum atomic E-state index is 5.96.